The molecule has 1 aliphatic heterocycles. The number of carbonyl (C=O) groups is 1. The summed E-state index contributed by atoms with van der Waals surface area (Å²) in [6.07, 6.45) is 3.48. The van der Waals surface area contributed by atoms with Crippen molar-refractivity contribution in [2.75, 3.05) is 30.4 Å². The number of para-hydroxylation sites is 3. The molecule has 4 aromatic rings. The summed E-state index contributed by atoms with van der Waals surface area (Å²) >= 11 is 0. The Hall–Kier alpha value is -4.70. The van der Waals surface area contributed by atoms with Crippen LogP contribution < -0.4 is 30.2 Å². The van der Waals surface area contributed by atoms with Gasteiger partial charge in [0.1, 0.15) is 12.2 Å². The third kappa shape index (κ3) is 6.95. The molecule has 1 fully saturated rings. The third-order valence-electron chi connectivity index (χ3n) is 6.86. The summed E-state index contributed by atoms with van der Waals surface area (Å²) in [6, 6.07) is 17.7. The highest BCUT2D eigenvalue weighted by atomic mass is 19.1. The standard InChI is InChI=1S/C32H34FN5O4/c1-4-40-27-12-5-6-13-28(27)42-31-24(30(39)37-29-20(2)9-7-10-21(29)3)18-35-32(38-31)36-22-14-15-26(25(33)17-22)41-19-23-11-8-16-34-23/h5-7,9-10,12-15,17-18,23,34H,4,8,11,16,19H2,1-3H3,(H,37,39)(H,35,36,38)/t23-/m0/s1. The highest BCUT2D eigenvalue weighted by Crippen LogP contribution is 2.33. The zero-order chi connectivity index (χ0) is 29.5. The Morgan fingerprint density at radius 1 is 1.02 bits per heavy atom. The van der Waals surface area contributed by atoms with E-state index in [0.29, 0.717) is 36.1 Å². The van der Waals surface area contributed by atoms with Gasteiger partial charge in [-0.25, -0.2) is 9.37 Å². The summed E-state index contributed by atoms with van der Waals surface area (Å²) in [5, 5.41) is 9.28. The summed E-state index contributed by atoms with van der Waals surface area (Å²) in [4.78, 5) is 22.3. The smallest absolute Gasteiger partial charge is 0.262 e. The quantitative estimate of drug-likeness (QED) is 0.186. The molecular weight excluding hydrogens is 537 g/mol. The van der Waals surface area contributed by atoms with Gasteiger partial charge in [-0.15, -0.1) is 0 Å². The molecule has 1 atom stereocenters. The van der Waals surface area contributed by atoms with Crippen LogP contribution in [0.4, 0.5) is 21.7 Å². The zero-order valence-electron chi connectivity index (χ0n) is 23.9. The number of nitrogens with zero attached hydrogens (tertiary/aromatic N) is 2. The number of anilines is 3. The van der Waals surface area contributed by atoms with Gasteiger partial charge in [-0.1, -0.05) is 30.3 Å². The van der Waals surface area contributed by atoms with Crippen LogP contribution in [0.15, 0.2) is 66.9 Å². The lowest BCUT2D eigenvalue weighted by Crippen LogP contribution is -2.28. The first-order valence-electron chi connectivity index (χ1n) is 14.0. The predicted octanol–water partition coefficient (Wildman–Crippen LogP) is 6.55. The lowest BCUT2D eigenvalue weighted by molar-refractivity contribution is 0.102. The van der Waals surface area contributed by atoms with E-state index in [1.807, 2.05) is 45.0 Å². The summed E-state index contributed by atoms with van der Waals surface area (Å²) in [6.45, 7) is 7.50. The van der Waals surface area contributed by atoms with E-state index in [1.54, 1.807) is 30.3 Å². The zero-order valence-corrected chi connectivity index (χ0v) is 23.9. The van der Waals surface area contributed by atoms with Gasteiger partial charge in [0.05, 0.1) is 6.61 Å². The van der Waals surface area contributed by atoms with Crippen molar-refractivity contribution in [2.45, 2.75) is 39.7 Å². The van der Waals surface area contributed by atoms with Crippen LogP contribution in [0.2, 0.25) is 0 Å². The number of nitrogens with one attached hydrogen (secondary N) is 3. The maximum Gasteiger partial charge on any atom is 0.262 e. The molecule has 5 rings (SSSR count). The van der Waals surface area contributed by atoms with Crippen molar-refractivity contribution < 1.29 is 23.4 Å². The van der Waals surface area contributed by atoms with Gasteiger partial charge in [0.25, 0.3) is 5.91 Å². The molecule has 9 nitrogen and oxygen atoms in total. The number of ether oxygens (including phenoxy) is 3. The molecule has 1 amide bonds. The molecule has 218 valence electrons. The number of hydrogen-bond donors (Lipinski definition) is 3. The molecule has 0 aliphatic carbocycles. The van der Waals surface area contributed by atoms with Gasteiger partial charge in [0.2, 0.25) is 11.8 Å². The first kappa shape index (κ1) is 28.8. The van der Waals surface area contributed by atoms with Crippen LogP contribution in [0, 0.1) is 19.7 Å². The van der Waals surface area contributed by atoms with Crippen molar-refractivity contribution in [1.82, 2.24) is 15.3 Å². The second-order valence-electron chi connectivity index (χ2n) is 9.99. The van der Waals surface area contributed by atoms with Crippen molar-refractivity contribution in [3.8, 4) is 23.1 Å². The van der Waals surface area contributed by atoms with E-state index < -0.39 is 11.7 Å². The maximum atomic E-state index is 14.8. The third-order valence-corrected chi connectivity index (χ3v) is 6.86. The summed E-state index contributed by atoms with van der Waals surface area (Å²) in [7, 11) is 0. The number of halogens is 1. The van der Waals surface area contributed by atoms with E-state index in [-0.39, 0.29) is 29.2 Å². The lowest BCUT2D eigenvalue weighted by atomic mass is 10.1. The topological polar surface area (TPSA) is 107 Å². The first-order chi connectivity index (χ1) is 20.4. The average Bonchev–Trinajstić information content (AvgIpc) is 3.50. The lowest BCUT2D eigenvalue weighted by Gasteiger charge is -2.16. The maximum absolute atomic E-state index is 14.8. The normalized spacial score (nSPS) is 14.3. The number of rotatable bonds is 11. The monoisotopic (exact) mass is 571 g/mol. The van der Waals surface area contributed by atoms with Crippen LogP contribution in [-0.2, 0) is 0 Å². The van der Waals surface area contributed by atoms with Crippen molar-refractivity contribution >= 4 is 23.2 Å². The Morgan fingerprint density at radius 3 is 2.52 bits per heavy atom. The molecular formula is C32H34FN5O4. The Kier molecular flexibility index (Phi) is 9.13. The number of carbonyl (C=O) groups excluding carboxylic acids is 1. The van der Waals surface area contributed by atoms with E-state index in [9.17, 15) is 9.18 Å². The molecule has 42 heavy (non-hydrogen) atoms. The van der Waals surface area contributed by atoms with Crippen LogP contribution in [0.3, 0.4) is 0 Å². The van der Waals surface area contributed by atoms with E-state index >= 15 is 0 Å². The van der Waals surface area contributed by atoms with Crippen LogP contribution in [0.5, 0.6) is 23.1 Å². The first-order valence-corrected chi connectivity index (χ1v) is 14.0. The van der Waals surface area contributed by atoms with Crippen LogP contribution in [-0.4, -0.2) is 41.7 Å². The number of aromatic nitrogens is 2. The molecule has 0 spiro atoms. The van der Waals surface area contributed by atoms with Gasteiger partial charge in [0.15, 0.2) is 23.1 Å². The molecule has 1 saturated heterocycles. The minimum atomic E-state index is -0.510. The van der Waals surface area contributed by atoms with Gasteiger partial charge < -0.3 is 30.2 Å². The number of hydrogen-bond acceptors (Lipinski definition) is 8. The van der Waals surface area contributed by atoms with Crippen molar-refractivity contribution in [1.29, 1.82) is 0 Å². The van der Waals surface area contributed by atoms with Gasteiger partial charge in [-0.2, -0.15) is 4.98 Å². The second-order valence-corrected chi connectivity index (χ2v) is 9.99. The predicted molar refractivity (Wildman–Crippen MR) is 160 cm³/mol. The van der Waals surface area contributed by atoms with Gasteiger partial charge in [-0.3, -0.25) is 4.79 Å². The Morgan fingerprint density at radius 2 is 1.81 bits per heavy atom. The van der Waals surface area contributed by atoms with Gasteiger partial charge >= 0.3 is 0 Å². The molecule has 1 aromatic heterocycles. The fraction of sp³-hybridized carbons (Fsp3) is 0.281. The number of amides is 1. The summed E-state index contributed by atoms with van der Waals surface area (Å²) in [5.41, 5.74) is 3.06. The fourth-order valence-electron chi connectivity index (χ4n) is 4.68. The Labute approximate surface area is 244 Å². The van der Waals surface area contributed by atoms with Gasteiger partial charge in [-0.05, 0) is 75.5 Å². The molecule has 3 N–H and O–H groups in total. The molecule has 0 bridgehead atoms. The molecule has 0 radical (unpaired) electrons. The summed E-state index contributed by atoms with van der Waals surface area (Å²) in [5.74, 6) is 0.231. The molecule has 1 aliphatic rings. The van der Waals surface area contributed by atoms with Gasteiger partial charge in [0, 0.05) is 29.7 Å². The largest absolute Gasteiger partial charge is 0.490 e. The second kappa shape index (κ2) is 13.3. The molecule has 0 unspecified atom stereocenters. The van der Waals surface area contributed by atoms with Crippen LogP contribution >= 0.6 is 0 Å². The van der Waals surface area contributed by atoms with Crippen molar-refractivity contribution in [2.24, 2.45) is 0 Å². The minimum Gasteiger partial charge on any atom is -0.490 e. The molecule has 10 heteroatoms. The molecule has 3 aromatic carbocycles. The molecule has 0 saturated carbocycles. The highest BCUT2D eigenvalue weighted by Gasteiger charge is 2.21. The van der Waals surface area contributed by atoms with E-state index in [2.05, 4.69) is 25.9 Å². The minimum absolute atomic E-state index is 0.00730. The number of aryl methyl sites for hydroxylation is 2. The van der Waals surface area contributed by atoms with Crippen molar-refractivity contribution in [3.63, 3.8) is 0 Å². The fourth-order valence-corrected chi connectivity index (χ4v) is 4.68. The van der Waals surface area contributed by atoms with E-state index in [1.165, 1.54) is 12.3 Å². The Balaban J connectivity index is 1.40. The molecule has 2 heterocycles. The van der Waals surface area contributed by atoms with Crippen LogP contribution in [0.1, 0.15) is 41.3 Å². The van der Waals surface area contributed by atoms with E-state index in [4.69, 9.17) is 14.2 Å². The Bertz CT molecular complexity index is 1540. The van der Waals surface area contributed by atoms with Crippen molar-refractivity contribution in [3.05, 3.63) is 89.4 Å². The highest BCUT2D eigenvalue weighted by molar-refractivity contribution is 6.06. The van der Waals surface area contributed by atoms with Crippen LogP contribution in [0.25, 0.3) is 0 Å². The SMILES string of the molecule is CCOc1ccccc1Oc1nc(Nc2ccc(OC[C@@H]3CCCN3)c(F)c2)ncc1C(=O)Nc1c(C)cccc1C. The average molecular weight is 572 g/mol. The number of benzene rings is 3. The summed E-state index contributed by atoms with van der Waals surface area (Å²) < 4.78 is 32.3. The van der Waals surface area contributed by atoms with E-state index in [0.717, 1.165) is 30.5 Å².